The van der Waals surface area contributed by atoms with Gasteiger partial charge in [-0.05, 0) is 6.92 Å². The molecule has 2 fully saturated rings. The molecule has 0 bridgehead atoms. The van der Waals surface area contributed by atoms with E-state index in [0.717, 1.165) is 4.90 Å². The Labute approximate surface area is 157 Å². The zero-order valence-corrected chi connectivity index (χ0v) is 15.8. The monoisotopic (exact) mass is 376 g/mol. The highest BCUT2D eigenvalue weighted by Crippen LogP contribution is 2.20. The summed E-state index contributed by atoms with van der Waals surface area (Å²) in [4.78, 5) is 51.2. The first-order valence-corrected chi connectivity index (χ1v) is 8.96. The van der Waals surface area contributed by atoms with E-state index in [4.69, 9.17) is 4.74 Å². The lowest BCUT2D eigenvalue weighted by atomic mass is 10.3. The number of rotatable bonds is 4. The molecule has 2 aliphatic rings. The van der Waals surface area contributed by atoms with E-state index in [0.29, 0.717) is 44.3 Å². The molecule has 0 radical (unpaired) electrons. The van der Waals surface area contributed by atoms with Crippen LogP contribution in [0.15, 0.2) is 12.4 Å². The smallest absolute Gasteiger partial charge is 0.327 e. The molecule has 1 aromatic rings. The molecule has 2 saturated heterocycles. The number of likely N-dealkylation sites (tertiary alicyclic amines) is 1. The van der Waals surface area contributed by atoms with Gasteiger partial charge in [0.1, 0.15) is 6.10 Å². The largest absolute Gasteiger partial charge is 0.471 e. The van der Waals surface area contributed by atoms with Crippen LogP contribution in [0.25, 0.3) is 0 Å². The van der Waals surface area contributed by atoms with Crippen molar-refractivity contribution < 1.29 is 19.1 Å². The number of aromatic nitrogens is 2. The van der Waals surface area contributed by atoms with E-state index in [-0.39, 0.29) is 12.6 Å². The maximum Gasteiger partial charge on any atom is 0.327 e. The number of amides is 4. The molecular weight excluding hydrogens is 352 g/mol. The van der Waals surface area contributed by atoms with Crippen LogP contribution >= 0.6 is 0 Å². The lowest BCUT2D eigenvalue weighted by Crippen LogP contribution is -2.58. The summed E-state index contributed by atoms with van der Waals surface area (Å²) in [7, 11) is 3.72. The first-order chi connectivity index (χ1) is 12.9. The lowest BCUT2D eigenvalue weighted by molar-refractivity contribution is -0.153. The Bertz CT molecular complexity index is 740. The van der Waals surface area contributed by atoms with E-state index < -0.39 is 17.8 Å². The van der Waals surface area contributed by atoms with Crippen LogP contribution in [0, 0.1) is 0 Å². The van der Waals surface area contributed by atoms with Gasteiger partial charge in [-0.25, -0.2) is 4.79 Å². The number of hydrogen-bond acceptors (Lipinski definition) is 7. The first kappa shape index (κ1) is 18.9. The number of ether oxygens (including phenoxy) is 1. The summed E-state index contributed by atoms with van der Waals surface area (Å²) in [5.41, 5.74) is 0. The fourth-order valence-corrected chi connectivity index (χ4v) is 3.11. The van der Waals surface area contributed by atoms with Crippen molar-refractivity contribution in [2.45, 2.75) is 19.4 Å². The van der Waals surface area contributed by atoms with E-state index in [1.165, 1.54) is 11.1 Å². The summed E-state index contributed by atoms with van der Waals surface area (Å²) in [6.45, 7) is 3.64. The van der Waals surface area contributed by atoms with Crippen molar-refractivity contribution in [3.63, 3.8) is 0 Å². The van der Waals surface area contributed by atoms with Crippen molar-refractivity contribution >= 4 is 23.7 Å². The van der Waals surface area contributed by atoms with Gasteiger partial charge in [-0.3, -0.25) is 19.5 Å². The van der Waals surface area contributed by atoms with E-state index >= 15 is 0 Å². The molecule has 10 nitrogen and oxygen atoms in total. The lowest BCUT2D eigenvalue weighted by Gasteiger charge is -2.33. The van der Waals surface area contributed by atoms with Gasteiger partial charge in [-0.15, -0.1) is 0 Å². The Kier molecular flexibility index (Phi) is 5.43. The minimum Gasteiger partial charge on any atom is -0.471 e. The Morgan fingerprint density at radius 3 is 2.70 bits per heavy atom. The molecule has 0 aromatic carbocycles. The predicted molar refractivity (Wildman–Crippen MR) is 96.3 cm³/mol. The number of anilines is 1. The maximum absolute atomic E-state index is 12.7. The minimum absolute atomic E-state index is 0.218. The highest BCUT2D eigenvalue weighted by Gasteiger charge is 2.39. The number of likely N-dealkylation sites (N-methyl/N-ethyl adjacent to an activating group) is 1. The van der Waals surface area contributed by atoms with Crippen molar-refractivity contribution in [2.24, 2.45) is 0 Å². The molecule has 1 atom stereocenters. The summed E-state index contributed by atoms with van der Waals surface area (Å²) >= 11 is 0. The number of hydrogen-bond donors (Lipinski definition) is 0. The van der Waals surface area contributed by atoms with Crippen LogP contribution in [-0.4, -0.2) is 95.4 Å². The summed E-state index contributed by atoms with van der Waals surface area (Å²) in [6.07, 6.45) is 3.55. The highest BCUT2D eigenvalue weighted by molar-refractivity contribution is 6.38. The molecule has 27 heavy (non-hydrogen) atoms. The molecule has 10 heteroatoms. The van der Waals surface area contributed by atoms with Crippen molar-refractivity contribution in [2.75, 3.05) is 51.7 Å². The number of carbonyl (C=O) groups is 3. The molecule has 0 saturated carbocycles. The normalized spacial score (nSPS) is 20.3. The van der Waals surface area contributed by atoms with Gasteiger partial charge in [0.25, 0.3) is 0 Å². The first-order valence-electron chi connectivity index (χ1n) is 8.96. The third kappa shape index (κ3) is 3.93. The third-order valence-electron chi connectivity index (χ3n) is 4.68. The van der Waals surface area contributed by atoms with Gasteiger partial charge in [0.15, 0.2) is 5.82 Å². The number of imide groups is 1. The van der Waals surface area contributed by atoms with Crippen LogP contribution in [0.5, 0.6) is 5.88 Å². The quantitative estimate of drug-likeness (QED) is 0.672. The fraction of sp³-hybridized carbons (Fsp3) is 0.588. The van der Waals surface area contributed by atoms with E-state index in [1.54, 1.807) is 18.0 Å². The van der Waals surface area contributed by atoms with Crippen LogP contribution in [0.1, 0.15) is 13.3 Å². The fourth-order valence-electron chi connectivity index (χ4n) is 3.11. The minimum atomic E-state index is -0.762. The Morgan fingerprint density at radius 1 is 1.22 bits per heavy atom. The summed E-state index contributed by atoms with van der Waals surface area (Å²) in [5.74, 6) is -0.318. The zero-order valence-electron chi connectivity index (χ0n) is 15.8. The van der Waals surface area contributed by atoms with Gasteiger partial charge in [-0.1, -0.05) is 0 Å². The van der Waals surface area contributed by atoms with Crippen molar-refractivity contribution in [3.05, 3.63) is 12.4 Å². The molecule has 3 heterocycles. The Hall–Kier alpha value is -2.91. The van der Waals surface area contributed by atoms with Crippen LogP contribution < -0.4 is 9.64 Å². The van der Waals surface area contributed by atoms with E-state index in [1.807, 2.05) is 19.0 Å². The van der Waals surface area contributed by atoms with Crippen molar-refractivity contribution in [1.29, 1.82) is 0 Å². The Morgan fingerprint density at radius 2 is 2.00 bits per heavy atom. The molecule has 1 unspecified atom stereocenters. The molecule has 0 N–H and O–H groups in total. The van der Waals surface area contributed by atoms with Crippen molar-refractivity contribution in [1.82, 2.24) is 24.7 Å². The van der Waals surface area contributed by atoms with Gasteiger partial charge in [0, 0.05) is 46.7 Å². The third-order valence-corrected chi connectivity index (χ3v) is 4.68. The van der Waals surface area contributed by atoms with Gasteiger partial charge in [-0.2, -0.15) is 4.98 Å². The van der Waals surface area contributed by atoms with E-state index in [9.17, 15) is 14.4 Å². The molecule has 0 aliphatic carbocycles. The molecule has 0 spiro atoms. The van der Waals surface area contributed by atoms with Crippen molar-refractivity contribution in [3.8, 4) is 5.88 Å². The second-order valence-corrected chi connectivity index (χ2v) is 6.71. The van der Waals surface area contributed by atoms with Crippen LogP contribution in [-0.2, 0) is 9.59 Å². The number of carbonyl (C=O) groups excluding carboxylic acids is 3. The maximum atomic E-state index is 12.7. The number of nitrogens with zero attached hydrogens (tertiary/aromatic N) is 6. The Balaban J connectivity index is 1.59. The topological polar surface area (TPSA) is 99.2 Å². The van der Waals surface area contributed by atoms with Gasteiger partial charge in [0.2, 0.25) is 5.88 Å². The van der Waals surface area contributed by atoms with Crippen LogP contribution in [0.2, 0.25) is 0 Å². The standard InChI is InChI=1S/C17H24N6O4/c1-4-21-7-8-23(16(25)15(21)24)17(26)22-6-5-12(11-22)27-14-10-18-9-13(19-14)20(2)3/h9-10,12H,4-8,11H2,1-3H3. The second kappa shape index (κ2) is 7.77. The number of urea groups is 1. The summed E-state index contributed by atoms with van der Waals surface area (Å²) in [6, 6.07) is -0.441. The number of piperazine rings is 1. The van der Waals surface area contributed by atoms with Gasteiger partial charge < -0.3 is 19.4 Å². The average Bonchev–Trinajstić information content (AvgIpc) is 3.12. The highest BCUT2D eigenvalue weighted by atomic mass is 16.5. The molecular formula is C17H24N6O4. The predicted octanol–water partition coefficient (Wildman–Crippen LogP) is -0.194. The molecule has 146 valence electrons. The van der Waals surface area contributed by atoms with Crippen LogP contribution in [0.4, 0.5) is 10.6 Å². The zero-order chi connectivity index (χ0) is 19.6. The average molecular weight is 376 g/mol. The van der Waals surface area contributed by atoms with E-state index in [2.05, 4.69) is 9.97 Å². The van der Waals surface area contributed by atoms with Crippen LogP contribution in [0.3, 0.4) is 0 Å². The molecule has 1 aromatic heterocycles. The van der Waals surface area contributed by atoms with Gasteiger partial charge >= 0.3 is 17.8 Å². The second-order valence-electron chi connectivity index (χ2n) is 6.71. The SMILES string of the molecule is CCN1CCN(C(=O)N2CCC(Oc3cncc(N(C)C)n3)C2)C(=O)C1=O. The summed E-state index contributed by atoms with van der Waals surface area (Å²) in [5, 5.41) is 0. The molecule has 2 aliphatic heterocycles. The molecule has 3 rings (SSSR count). The van der Waals surface area contributed by atoms with Gasteiger partial charge in [0.05, 0.1) is 18.9 Å². The molecule has 4 amide bonds. The summed E-state index contributed by atoms with van der Waals surface area (Å²) < 4.78 is 5.84.